The summed E-state index contributed by atoms with van der Waals surface area (Å²) in [5, 5.41) is 38.7. The maximum Gasteiger partial charge on any atom is 0.303 e. The van der Waals surface area contributed by atoms with Crippen LogP contribution in [0.15, 0.2) is 72.3 Å². The van der Waals surface area contributed by atoms with Crippen LogP contribution in [0.2, 0.25) is 0 Å². The van der Waals surface area contributed by atoms with Crippen LogP contribution in [0.1, 0.15) is 93.9 Å². The number of hydrogen-bond acceptors (Lipinski definition) is 6. The van der Waals surface area contributed by atoms with Crippen LogP contribution in [0, 0.1) is 10.8 Å². The molecule has 0 heterocycles. The summed E-state index contributed by atoms with van der Waals surface area (Å²) in [5.41, 5.74) is 1.80. The molecule has 2 rings (SSSR count). The standard InChI is InChI=1S/2C14H22O3.C6H10O2/c2*1-10-7-11(5-6-12(15)16)9-14(17,8-10)13(2,3)4;1-3-7-5-6-8-4-2/h2*7-8,17H,5-6,9H2,1-4H3,(H,15,16);3-4H,1-2,5-6H2. The molecule has 2 atom stereocenters. The second kappa shape index (κ2) is 17.1. The molecule has 42 heavy (non-hydrogen) atoms. The molecule has 0 saturated heterocycles. The van der Waals surface area contributed by atoms with E-state index in [-0.39, 0.29) is 23.7 Å². The van der Waals surface area contributed by atoms with E-state index in [9.17, 15) is 19.8 Å². The van der Waals surface area contributed by atoms with Crippen molar-refractivity contribution < 1.29 is 39.5 Å². The van der Waals surface area contributed by atoms with E-state index in [1.165, 1.54) is 12.5 Å². The number of aliphatic hydroxyl groups is 2. The molecule has 0 amide bonds. The second-order valence-corrected chi connectivity index (χ2v) is 12.9. The molecule has 0 radical (unpaired) electrons. The van der Waals surface area contributed by atoms with E-state index < -0.39 is 23.1 Å². The van der Waals surface area contributed by atoms with Crippen LogP contribution >= 0.6 is 0 Å². The lowest BCUT2D eigenvalue weighted by molar-refractivity contribution is -0.138. The Bertz CT molecular complexity index is 964. The predicted octanol–water partition coefficient (Wildman–Crippen LogP) is 7.12. The summed E-state index contributed by atoms with van der Waals surface area (Å²) in [5.74, 6) is -1.59. The summed E-state index contributed by atoms with van der Waals surface area (Å²) in [7, 11) is 0. The smallest absolute Gasteiger partial charge is 0.303 e. The van der Waals surface area contributed by atoms with Crippen molar-refractivity contribution in [3.8, 4) is 0 Å². The summed E-state index contributed by atoms with van der Waals surface area (Å²) in [6.45, 7) is 23.6. The van der Waals surface area contributed by atoms with Gasteiger partial charge in [-0.3, -0.25) is 9.59 Å². The van der Waals surface area contributed by atoms with Gasteiger partial charge in [-0.15, -0.1) is 0 Å². The van der Waals surface area contributed by atoms with Gasteiger partial charge in [0.05, 0.1) is 23.7 Å². The maximum atomic E-state index is 10.6. The number of carbonyl (C=O) groups is 2. The minimum atomic E-state index is -0.875. The third-order valence-corrected chi connectivity index (χ3v) is 7.26. The summed E-state index contributed by atoms with van der Waals surface area (Å²) < 4.78 is 9.45. The zero-order valence-corrected chi connectivity index (χ0v) is 27.0. The van der Waals surface area contributed by atoms with E-state index >= 15 is 0 Å². The topological polar surface area (TPSA) is 134 Å². The van der Waals surface area contributed by atoms with Crippen LogP contribution in [0.3, 0.4) is 0 Å². The highest BCUT2D eigenvalue weighted by molar-refractivity contribution is 5.67. The Balaban J connectivity index is 0.000000642. The first-order valence-electron chi connectivity index (χ1n) is 14.3. The quantitative estimate of drug-likeness (QED) is 0.148. The van der Waals surface area contributed by atoms with Crippen molar-refractivity contribution in [2.75, 3.05) is 13.2 Å². The minimum Gasteiger partial charge on any atom is -0.498 e. The maximum absolute atomic E-state index is 10.6. The molecule has 0 bridgehead atoms. The predicted molar refractivity (Wildman–Crippen MR) is 168 cm³/mol. The highest BCUT2D eigenvalue weighted by Crippen LogP contribution is 2.42. The van der Waals surface area contributed by atoms with Gasteiger partial charge in [0.25, 0.3) is 0 Å². The van der Waals surface area contributed by atoms with E-state index in [1.54, 1.807) is 0 Å². The van der Waals surface area contributed by atoms with Crippen molar-refractivity contribution >= 4 is 11.9 Å². The van der Waals surface area contributed by atoms with Crippen molar-refractivity contribution in [1.82, 2.24) is 0 Å². The third kappa shape index (κ3) is 14.2. The largest absolute Gasteiger partial charge is 0.498 e. The van der Waals surface area contributed by atoms with Gasteiger partial charge in [-0.1, -0.05) is 89.1 Å². The molecule has 0 saturated carbocycles. The molecule has 238 valence electrons. The number of hydrogen-bond donors (Lipinski definition) is 4. The number of aliphatic carboxylic acids is 2. The van der Waals surface area contributed by atoms with Gasteiger partial charge >= 0.3 is 11.9 Å². The third-order valence-electron chi connectivity index (χ3n) is 7.26. The fraction of sp³-hybridized carbons (Fsp3) is 0.588. The lowest BCUT2D eigenvalue weighted by atomic mass is 9.69. The van der Waals surface area contributed by atoms with E-state index in [4.69, 9.17) is 19.7 Å². The molecule has 0 aromatic heterocycles. The van der Waals surface area contributed by atoms with Gasteiger partial charge in [-0.25, -0.2) is 0 Å². The van der Waals surface area contributed by atoms with E-state index in [0.29, 0.717) is 38.9 Å². The number of carboxylic acids is 2. The molecule has 4 N–H and O–H groups in total. The fourth-order valence-electron chi connectivity index (χ4n) is 4.46. The van der Waals surface area contributed by atoms with Gasteiger partial charge in [0.1, 0.15) is 13.2 Å². The Morgan fingerprint density at radius 3 is 1.31 bits per heavy atom. The molecular weight excluding hydrogens is 536 g/mol. The average Bonchev–Trinajstić information content (AvgIpc) is 2.83. The Kier molecular flexibility index (Phi) is 15.9. The van der Waals surface area contributed by atoms with Gasteiger partial charge in [0.15, 0.2) is 0 Å². The summed E-state index contributed by atoms with van der Waals surface area (Å²) in [6, 6.07) is 0. The van der Waals surface area contributed by atoms with Gasteiger partial charge < -0.3 is 29.9 Å². The van der Waals surface area contributed by atoms with Crippen LogP contribution in [0.25, 0.3) is 0 Å². The Hall–Kier alpha value is -3.10. The Morgan fingerprint density at radius 1 is 0.762 bits per heavy atom. The van der Waals surface area contributed by atoms with Crippen molar-refractivity contribution in [2.45, 2.75) is 105 Å². The molecule has 0 aromatic carbocycles. The van der Waals surface area contributed by atoms with Crippen LogP contribution in [-0.2, 0) is 19.1 Å². The van der Waals surface area contributed by atoms with Crippen LogP contribution in [0.5, 0.6) is 0 Å². The van der Waals surface area contributed by atoms with Crippen molar-refractivity contribution in [1.29, 1.82) is 0 Å². The number of allylic oxidation sites excluding steroid dienone is 4. The molecule has 2 unspecified atom stereocenters. The van der Waals surface area contributed by atoms with Crippen molar-refractivity contribution in [3.63, 3.8) is 0 Å². The van der Waals surface area contributed by atoms with E-state index in [1.807, 2.05) is 79.7 Å². The fourth-order valence-corrected chi connectivity index (χ4v) is 4.46. The van der Waals surface area contributed by atoms with E-state index in [2.05, 4.69) is 13.2 Å². The number of ether oxygens (including phenoxy) is 2. The van der Waals surface area contributed by atoms with Crippen LogP contribution in [0.4, 0.5) is 0 Å². The highest BCUT2D eigenvalue weighted by atomic mass is 16.5. The monoisotopic (exact) mass is 590 g/mol. The van der Waals surface area contributed by atoms with E-state index in [0.717, 1.165) is 22.3 Å². The minimum absolute atomic E-state index is 0.124. The first-order valence-corrected chi connectivity index (χ1v) is 14.3. The molecule has 0 aromatic rings. The zero-order chi connectivity index (χ0) is 32.8. The Morgan fingerprint density at radius 2 is 1.07 bits per heavy atom. The van der Waals surface area contributed by atoms with Crippen LogP contribution in [-0.4, -0.2) is 56.8 Å². The lowest BCUT2D eigenvalue weighted by Gasteiger charge is -2.41. The molecule has 2 aliphatic carbocycles. The SMILES string of the molecule is C=COCCOC=C.CC1=CC(O)(C(C)(C)C)CC(CCC(=O)O)=C1.CC1=CC(O)(C(C)(C)C)CC(CCC(=O)O)=C1. The highest BCUT2D eigenvalue weighted by Gasteiger charge is 2.41. The van der Waals surface area contributed by atoms with Crippen LogP contribution < -0.4 is 0 Å². The lowest BCUT2D eigenvalue weighted by Crippen LogP contribution is -2.42. The Labute approximate surface area is 252 Å². The molecular formula is C34H54O8. The molecule has 8 nitrogen and oxygen atoms in total. The summed E-state index contributed by atoms with van der Waals surface area (Å²) >= 11 is 0. The first-order chi connectivity index (χ1) is 19.2. The van der Waals surface area contributed by atoms with Gasteiger partial charge in [-0.05, 0) is 49.7 Å². The summed E-state index contributed by atoms with van der Waals surface area (Å²) in [6.07, 6.45) is 12.8. The molecule has 0 aliphatic heterocycles. The van der Waals surface area contributed by atoms with Crippen molar-refractivity contribution in [2.24, 2.45) is 10.8 Å². The molecule has 2 aliphatic rings. The normalized spacial score (nSPS) is 21.9. The molecule has 0 fully saturated rings. The average molecular weight is 591 g/mol. The zero-order valence-electron chi connectivity index (χ0n) is 27.0. The van der Waals surface area contributed by atoms with Crippen molar-refractivity contribution in [3.05, 3.63) is 72.3 Å². The summed E-state index contributed by atoms with van der Waals surface area (Å²) in [4.78, 5) is 21.2. The van der Waals surface area contributed by atoms with Gasteiger partial charge in [-0.2, -0.15) is 0 Å². The number of carboxylic acid groups (broad SMARTS) is 2. The molecule has 8 heteroatoms. The van der Waals surface area contributed by atoms with Gasteiger partial charge in [0, 0.05) is 25.7 Å². The number of rotatable bonds is 11. The molecule has 0 spiro atoms. The first kappa shape index (κ1) is 38.9. The van der Waals surface area contributed by atoms with Gasteiger partial charge in [0.2, 0.25) is 0 Å². The second-order valence-electron chi connectivity index (χ2n) is 12.9.